The fourth-order valence-corrected chi connectivity index (χ4v) is 3.22. The highest BCUT2D eigenvalue weighted by Gasteiger charge is 2.46. The summed E-state index contributed by atoms with van der Waals surface area (Å²) in [6, 6.07) is 9.94. The number of benzene rings is 1. The van der Waals surface area contributed by atoms with Gasteiger partial charge in [0.2, 0.25) is 5.95 Å². The predicted octanol–water partition coefficient (Wildman–Crippen LogP) is 3.34. The summed E-state index contributed by atoms with van der Waals surface area (Å²) in [5.74, 6) is -0.255. The molecule has 0 saturated heterocycles. The zero-order valence-corrected chi connectivity index (χ0v) is 14.3. The highest BCUT2D eigenvalue weighted by Crippen LogP contribution is 2.41. The Kier molecular flexibility index (Phi) is 3.64. The molecular formula is C19H17N3O4. The molecule has 0 bridgehead atoms. The van der Waals surface area contributed by atoms with Gasteiger partial charge >= 0.3 is 0 Å². The normalized spacial score (nSPS) is 17.5. The zero-order valence-electron chi connectivity index (χ0n) is 14.3. The highest BCUT2D eigenvalue weighted by molar-refractivity contribution is 6.16. The fourth-order valence-electron chi connectivity index (χ4n) is 3.22. The molecule has 0 radical (unpaired) electrons. The minimum Gasteiger partial charge on any atom is -0.503 e. The Bertz CT molecular complexity index is 1030. The number of para-hydroxylation sites is 2. The molecule has 1 aliphatic heterocycles. The number of rotatable bonds is 4. The smallest absolute Gasteiger partial charge is 0.296 e. The number of nitrogens with zero attached hydrogens (tertiary/aromatic N) is 2. The summed E-state index contributed by atoms with van der Waals surface area (Å²) in [5.41, 5.74) is 1.46. The van der Waals surface area contributed by atoms with Gasteiger partial charge in [-0.3, -0.25) is 14.5 Å². The number of furan rings is 1. The first-order chi connectivity index (χ1) is 12.5. The van der Waals surface area contributed by atoms with E-state index in [-0.39, 0.29) is 23.7 Å². The number of Topliss-reactive ketones (excluding diaryl/α,β-unsaturated/α-hetero) is 1. The van der Waals surface area contributed by atoms with Crippen LogP contribution in [0.15, 0.2) is 52.1 Å². The maximum atomic E-state index is 12.8. The van der Waals surface area contributed by atoms with Crippen molar-refractivity contribution in [2.75, 3.05) is 4.90 Å². The monoisotopic (exact) mass is 351 g/mol. The van der Waals surface area contributed by atoms with E-state index in [4.69, 9.17) is 4.42 Å². The van der Waals surface area contributed by atoms with Crippen LogP contribution >= 0.6 is 0 Å². The predicted molar refractivity (Wildman–Crippen MR) is 94.7 cm³/mol. The Morgan fingerprint density at radius 3 is 2.73 bits per heavy atom. The Balaban J connectivity index is 1.89. The van der Waals surface area contributed by atoms with E-state index in [1.807, 2.05) is 24.3 Å². The van der Waals surface area contributed by atoms with Gasteiger partial charge in [-0.15, -0.1) is 0 Å². The first-order valence-corrected chi connectivity index (χ1v) is 8.32. The Morgan fingerprint density at radius 2 is 2.08 bits per heavy atom. The number of fused-ring (bicyclic) bond motifs is 1. The van der Waals surface area contributed by atoms with Gasteiger partial charge in [-0.25, -0.2) is 4.98 Å². The van der Waals surface area contributed by atoms with Crippen LogP contribution in [-0.4, -0.2) is 26.8 Å². The van der Waals surface area contributed by atoms with Crippen molar-refractivity contribution in [2.24, 2.45) is 0 Å². The van der Waals surface area contributed by atoms with Crippen LogP contribution < -0.4 is 4.90 Å². The van der Waals surface area contributed by atoms with Crippen molar-refractivity contribution in [3.05, 3.63) is 59.3 Å². The fraction of sp³-hybridized carbons (Fsp3) is 0.211. The van der Waals surface area contributed by atoms with Crippen molar-refractivity contribution >= 4 is 28.7 Å². The SMILES string of the molecule is CCC(=O)C1=C(O)C(=O)N(c2nc3ccccc3[nH]2)C1c1ccc(C)o1. The quantitative estimate of drug-likeness (QED) is 0.751. The molecular weight excluding hydrogens is 334 g/mol. The van der Waals surface area contributed by atoms with Gasteiger partial charge in [0.25, 0.3) is 5.91 Å². The standard InChI is InChI=1S/C19H17N3O4/c1-3-13(23)15-16(14-9-8-10(2)26-14)22(18(25)17(15)24)19-20-11-6-4-5-7-12(11)21-19/h4-9,16,24H,3H2,1-2H3,(H,20,21). The second-order valence-electron chi connectivity index (χ2n) is 6.14. The van der Waals surface area contributed by atoms with Crippen molar-refractivity contribution in [2.45, 2.75) is 26.3 Å². The second kappa shape index (κ2) is 5.87. The number of nitrogens with one attached hydrogen (secondary N) is 1. The van der Waals surface area contributed by atoms with E-state index in [9.17, 15) is 14.7 Å². The van der Waals surface area contributed by atoms with Gasteiger partial charge in [0.05, 0.1) is 16.6 Å². The minimum atomic E-state index is -0.857. The molecule has 4 rings (SSSR count). The number of carbonyl (C=O) groups excluding carboxylic acids is 2. The van der Waals surface area contributed by atoms with Crippen LogP contribution in [0.4, 0.5) is 5.95 Å². The molecule has 1 aliphatic rings. The molecule has 3 heterocycles. The number of aliphatic hydroxyl groups is 1. The molecule has 1 unspecified atom stereocenters. The summed E-state index contributed by atoms with van der Waals surface area (Å²) in [6.07, 6.45) is 0.164. The number of ketones is 1. The average molecular weight is 351 g/mol. The number of aryl methyl sites for hydroxylation is 1. The Labute approximate surface area is 148 Å². The van der Waals surface area contributed by atoms with Crippen molar-refractivity contribution in [1.82, 2.24) is 9.97 Å². The van der Waals surface area contributed by atoms with Crippen molar-refractivity contribution < 1.29 is 19.1 Å². The average Bonchev–Trinajstić information content (AvgIpc) is 3.31. The summed E-state index contributed by atoms with van der Waals surface area (Å²) < 4.78 is 5.68. The maximum absolute atomic E-state index is 12.8. The summed E-state index contributed by atoms with van der Waals surface area (Å²) in [6.45, 7) is 3.46. The number of imidazole rings is 1. The van der Waals surface area contributed by atoms with Gasteiger partial charge in [0.15, 0.2) is 11.5 Å². The van der Waals surface area contributed by atoms with Crippen molar-refractivity contribution in [3.63, 3.8) is 0 Å². The summed E-state index contributed by atoms with van der Waals surface area (Å²) >= 11 is 0. The maximum Gasteiger partial charge on any atom is 0.296 e. The number of anilines is 1. The summed E-state index contributed by atoms with van der Waals surface area (Å²) in [5, 5.41) is 10.4. The van der Waals surface area contributed by atoms with Gasteiger partial charge in [0, 0.05) is 6.42 Å². The van der Waals surface area contributed by atoms with E-state index in [0.717, 1.165) is 5.52 Å². The lowest BCUT2D eigenvalue weighted by molar-refractivity contribution is -0.118. The molecule has 2 N–H and O–H groups in total. The summed E-state index contributed by atoms with van der Waals surface area (Å²) in [7, 11) is 0. The minimum absolute atomic E-state index is 0.0345. The second-order valence-corrected chi connectivity index (χ2v) is 6.14. The lowest BCUT2D eigenvalue weighted by Crippen LogP contribution is -2.31. The number of aromatic amines is 1. The number of aliphatic hydroxyl groups excluding tert-OH is 1. The third kappa shape index (κ3) is 2.32. The van der Waals surface area contributed by atoms with Crippen LogP contribution in [-0.2, 0) is 9.59 Å². The molecule has 2 aromatic heterocycles. The third-order valence-electron chi connectivity index (χ3n) is 4.47. The van der Waals surface area contributed by atoms with Crippen LogP contribution in [0.1, 0.15) is 30.9 Å². The van der Waals surface area contributed by atoms with Gasteiger partial charge in [-0.2, -0.15) is 0 Å². The van der Waals surface area contributed by atoms with Gasteiger partial charge in [0.1, 0.15) is 17.6 Å². The lowest BCUT2D eigenvalue weighted by Gasteiger charge is -2.22. The summed E-state index contributed by atoms with van der Waals surface area (Å²) in [4.78, 5) is 34.0. The van der Waals surface area contributed by atoms with Gasteiger partial charge in [-0.1, -0.05) is 19.1 Å². The number of hydrogen-bond donors (Lipinski definition) is 2. The van der Waals surface area contributed by atoms with Crippen LogP contribution in [0.25, 0.3) is 11.0 Å². The number of aromatic nitrogens is 2. The highest BCUT2D eigenvalue weighted by atomic mass is 16.3. The first kappa shape index (κ1) is 16.1. The number of amides is 1. The largest absolute Gasteiger partial charge is 0.503 e. The van der Waals surface area contributed by atoms with Crippen molar-refractivity contribution in [3.8, 4) is 0 Å². The topological polar surface area (TPSA) is 99.4 Å². The number of H-pyrrole nitrogens is 1. The van der Waals surface area contributed by atoms with Crippen molar-refractivity contribution in [1.29, 1.82) is 0 Å². The van der Waals surface area contributed by atoms with E-state index in [0.29, 0.717) is 17.0 Å². The first-order valence-electron chi connectivity index (χ1n) is 8.32. The van der Waals surface area contributed by atoms with E-state index in [1.54, 1.807) is 26.0 Å². The van der Waals surface area contributed by atoms with Crippen LogP contribution in [0, 0.1) is 6.92 Å². The molecule has 1 amide bonds. The number of carbonyl (C=O) groups is 2. The molecule has 132 valence electrons. The van der Waals surface area contributed by atoms with Gasteiger partial charge < -0.3 is 14.5 Å². The third-order valence-corrected chi connectivity index (χ3v) is 4.47. The zero-order chi connectivity index (χ0) is 18.4. The van der Waals surface area contributed by atoms with E-state index in [2.05, 4.69) is 9.97 Å². The van der Waals surface area contributed by atoms with Crippen LogP contribution in [0.2, 0.25) is 0 Å². The Morgan fingerprint density at radius 1 is 1.31 bits per heavy atom. The molecule has 1 atom stereocenters. The molecule has 26 heavy (non-hydrogen) atoms. The number of hydrogen-bond acceptors (Lipinski definition) is 5. The molecule has 7 nitrogen and oxygen atoms in total. The van der Waals surface area contributed by atoms with E-state index < -0.39 is 17.7 Å². The van der Waals surface area contributed by atoms with Crippen LogP contribution in [0.5, 0.6) is 0 Å². The molecule has 1 aromatic carbocycles. The molecule has 3 aromatic rings. The van der Waals surface area contributed by atoms with Gasteiger partial charge in [-0.05, 0) is 31.2 Å². The van der Waals surface area contributed by atoms with E-state index in [1.165, 1.54) is 4.90 Å². The van der Waals surface area contributed by atoms with Crippen LogP contribution in [0.3, 0.4) is 0 Å². The molecule has 7 heteroatoms. The molecule has 0 fully saturated rings. The molecule has 0 spiro atoms. The lowest BCUT2D eigenvalue weighted by atomic mass is 10.00. The Hall–Kier alpha value is -3.35. The molecule has 0 aliphatic carbocycles. The molecule has 0 saturated carbocycles. The van der Waals surface area contributed by atoms with E-state index >= 15 is 0 Å².